The Morgan fingerprint density at radius 1 is 1.41 bits per heavy atom. The molecule has 4 rings (SSSR count). The first-order valence-corrected chi connectivity index (χ1v) is 8.92. The number of nitrogen functional groups attached to an aromatic ring is 1. The number of fused-ring (bicyclic) bond motifs is 1. The van der Waals surface area contributed by atoms with E-state index in [9.17, 15) is 9.59 Å². The second-order valence-electron chi connectivity index (χ2n) is 6.98. The van der Waals surface area contributed by atoms with Gasteiger partial charge in [0.25, 0.3) is 11.5 Å². The molecule has 1 fully saturated rings. The van der Waals surface area contributed by atoms with E-state index in [1.807, 2.05) is 42.4 Å². The van der Waals surface area contributed by atoms with Crippen LogP contribution in [0.15, 0.2) is 41.3 Å². The summed E-state index contributed by atoms with van der Waals surface area (Å²) in [5, 5.41) is 0.947. The zero-order chi connectivity index (χ0) is 19.0. The van der Waals surface area contributed by atoms with Gasteiger partial charge < -0.3 is 15.6 Å². The predicted octanol–water partition coefficient (Wildman–Crippen LogP) is 1.18. The lowest BCUT2D eigenvalue weighted by atomic mass is 10.1. The number of amides is 1. The number of hydrogen-bond acceptors (Lipinski definition) is 5. The van der Waals surface area contributed by atoms with E-state index in [0.29, 0.717) is 25.3 Å². The lowest BCUT2D eigenvalue weighted by molar-refractivity contribution is 0.0781. The molecule has 8 nitrogen and oxygen atoms in total. The van der Waals surface area contributed by atoms with Crippen LogP contribution in [0.1, 0.15) is 22.5 Å². The summed E-state index contributed by atoms with van der Waals surface area (Å²) in [5.41, 5.74) is 7.67. The molecule has 0 radical (unpaired) electrons. The van der Waals surface area contributed by atoms with Gasteiger partial charge in [0, 0.05) is 54.4 Å². The van der Waals surface area contributed by atoms with Crippen molar-refractivity contribution in [1.29, 1.82) is 0 Å². The zero-order valence-corrected chi connectivity index (χ0v) is 15.1. The number of likely N-dealkylation sites (N-methyl/N-ethyl adjacent to an activating group) is 1. The van der Waals surface area contributed by atoms with Crippen LogP contribution in [0.25, 0.3) is 10.9 Å². The highest BCUT2D eigenvalue weighted by molar-refractivity contribution is 6.06. The molecule has 1 saturated heterocycles. The van der Waals surface area contributed by atoms with Crippen LogP contribution in [0.2, 0.25) is 0 Å². The molecule has 3 aromatic rings. The summed E-state index contributed by atoms with van der Waals surface area (Å²) >= 11 is 0. The van der Waals surface area contributed by atoms with Gasteiger partial charge in [-0.25, -0.2) is 4.98 Å². The van der Waals surface area contributed by atoms with E-state index >= 15 is 0 Å². The van der Waals surface area contributed by atoms with Gasteiger partial charge in [-0.05, 0) is 31.7 Å². The first-order chi connectivity index (χ1) is 13.0. The maximum atomic E-state index is 13.0. The Morgan fingerprint density at radius 3 is 3.07 bits per heavy atom. The summed E-state index contributed by atoms with van der Waals surface area (Å²) in [6.45, 7) is 1.86. The van der Waals surface area contributed by atoms with E-state index < -0.39 is 0 Å². The van der Waals surface area contributed by atoms with Crippen molar-refractivity contribution in [3.8, 4) is 0 Å². The molecule has 0 spiro atoms. The minimum absolute atomic E-state index is 0.0506. The van der Waals surface area contributed by atoms with Crippen molar-refractivity contribution in [3.05, 3.63) is 58.1 Å². The van der Waals surface area contributed by atoms with Crippen LogP contribution in [0.4, 0.5) is 5.95 Å². The summed E-state index contributed by atoms with van der Waals surface area (Å²) in [7, 11) is 1.98. The molecule has 1 atom stereocenters. The lowest BCUT2D eigenvalue weighted by Gasteiger charge is -2.24. The number of aromatic amines is 2. The molecule has 1 aliphatic rings. The molecule has 1 amide bonds. The highest BCUT2D eigenvalue weighted by Crippen LogP contribution is 2.23. The minimum Gasteiger partial charge on any atom is -0.369 e. The van der Waals surface area contributed by atoms with Gasteiger partial charge in [-0.15, -0.1) is 0 Å². The summed E-state index contributed by atoms with van der Waals surface area (Å²) < 4.78 is 0. The van der Waals surface area contributed by atoms with E-state index in [0.717, 1.165) is 22.9 Å². The first-order valence-electron chi connectivity index (χ1n) is 8.92. The van der Waals surface area contributed by atoms with Gasteiger partial charge in [0.05, 0.1) is 5.69 Å². The Bertz CT molecular complexity index is 1040. The van der Waals surface area contributed by atoms with Crippen molar-refractivity contribution in [3.63, 3.8) is 0 Å². The van der Waals surface area contributed by atoms with Crippen LogP contribution in [0, 0.1) is 0 Å². The molecule has 1 aliphatic heterocycles. The van der Waals surface area contributed by atoms with Crippen LogP contribution >= 0.6 is 0 Å². The molecule has 1 unspecified atom stereocenters. The summed E-state index contributed by atoms with van der Waals surface area (Å²) in [4.78, 5) is 38.3. The summed E-state index contributed by atoms with van der Waals surface area (Å²) in [6.07, 6.45) is 2.73. The number of carbonyl (C=O) groups excluding carboxylic acids is 1. The molecule has 8 heteroatoms. The van der Waals surface area contributed by atoms with Gasteiger partial charge in [0.15, 0.2) is 0 Å². The topological polar surface area (TPSA) is 111 Å². The number of anilines is 1. The second-order valence-corrected chi connectivity index (χ2v) is 6.98. The molecular formula is C19H22N6O2. The largest absolute Gasteiger partial charge is 0.369 e. The number of aromatic nitrogens is 3. The molecule has 0 saturated carbocycles. The number of nitrogens with one attached hydrogen (secondary N) is 2. The molecule has 0 aliphatic carbocycles. The molecular weight excluding hydrogens is 344 g/mol. The zero-order valence-electron chi connectivity index (χ0n) is 15.1. The first kappa shape index (κ1) is 17.3. The third-order valence-electron chi connectivity index (χ3n) is 5.12. The maximum Gasteiger partial charge on any atom is 0.254 e. The fraction of sp³-hybridized carbons (Fsp3) is 0.316. The number of rotatable bonds is 4. The normalized spacial score (nSPS) is 17.1. The number of nitrogens with two attached hydrogens (primary N) is 1. The smallest absolute Gasteiger partial charge is 0.254 e. The maximum absolute atomic E-state index is 13.0. The van der Waals surface area contributed by atoms with Gasteiger partial charge in [-0.1, -0.05) is 6.07 Å². The standard InChI is InChI=1S/C19H22N6O2/c1-24(10-12-9-17(26)23-19(20)22-12)13-6-8-25(11-13)18(27)15-3-2-4-16-14(15)5-7-21-16/h2-5,7,9,13,21H,6,8,10-11H2,1H3,(H3,20,22,23,26). The van der Waals surface area contributed by atoms with E-state index in [2.05, 4.69) is 19.9 Å². The molecule has 3 heterocycles. The number of H-pyrrole nitrogens is 2. The Balaban J connectivity index is 1.45. The van der Waals surface area contributed by atoms with Gasteiger partial charge in [0.1, 0.15) is 0 Å². The number of nitrogens with zero attached hydrogens (tertiary/aromatic N) is 3. The number of benzene rings is 1. The summed E-state index contributed by atoms with van der Waals surface area (Å²) in [6, 6.07) is 9.34. The monoisotopic (exact) mass is 366 g/mol. The molecule has 4 N–H and O–H groups in total. The number of hydrogen-bond donors (Lipinski definition) is 3. The third kappa shape index (κ3) is 3.43. The van der Waals surface area contributed by atoms with Gasteiger partial charge in [0.2, 0.25) is 5.95 Å². The fourth-order valence-corrected chi connectivity index (χ4v) is 3.72. The molecule has 2 aromatic heterocycles. The van der Waals surface area contributed by atoms with Crippen molar-refractivity contribution in [2.45, 2.75) is 19.0 Å². The fourth-order valence-electron chi connectivity index (χ4n) is 3.72. The van der Waals surface area contributed by atoms with Crippen molar-refractivity contribution in [2.24, 2.45) is 0 Å². The highest BCUT2D eigenvalue weighted by Gasteiger charge is 2.30. The number of likely N-dealkylation sites (tertiary alicyclic amines) is 1. The highest BCUT2D eigenvalue weighted by atomic mass is 16.2. The Hall–Kier alpha value is -3.13. The predicted molar refractivity (Wildman–Crippen MR) is 103 cm³/mol. The van der Waals surface area contributed by atoms with E-state index in [1.54, 1.807) is 0 Å². The average molecular weight is 366 g/mol. The average Bonchev–Trinajstić information content (AvgIpc) is 3.29. The van der Waals surface area contributed by atoms with Crippen molar-refractivity contribution < 1.29 is 4.79 Å². The summed E-state index contributed by atoms with van der Waals surface area (Å²) in [5.74, 6) is 0.170. The van der Waals surface area contributed by atoms with Crippen LogP contribution in [-0.4, -0.2) is 56.8 Å². The number of carbonyl (C=O) groups is 1. The molecule has 1 aromatic carbocycles. The van der Waals surface area contributed by atoms with E-state index in [4.69, 9.17) is 5.73 Å². The van der Waals surface area contributed by atoms with Gasteiger partial charge in [-0.2, -0.15) is 0 Å². The Kier molecular flexibility index (Phi) is 4.41. The van der Waals surface area contributed by atoms with E-state index in [-0.39, 0.29) is 23.5 Å². The van der Waals surface area contributed by atoms with Crippen LogP contribution < -0.4 is 11.3 Å². The van der Waals surface area contributed by atoms with Crippen molar-refractivity contribution >= 4 is 22.8 Å². The molecule has 0 bridgehead atoms. The third-order valence-corrected chi connectivity index (χ3v) is 5.12. The SMILES string of the molecule is CN(Cc1cc(=O)[nH]c(N)n1)C1CCN(C(=O)c2cccc3[nH]ccc23)C1. The Morgan fingerprint density at radius 2 is 2.26 bits per heavy atom. The van der Waals surface area contributed by atoms with Crippen molar-refractivity contribution in [2.75, 3.05) is 25.9 Å². The Labute approximate surface area is 156 Å². The van der Waals surface area contributed by atoms with E-state index in [1.165, 1.54) is 6.07 Å². The molecule has 140 valence electrons. The van der Waals surface area contributed by atoms with Crippen molar-refractivity contribution in [1.82, 2.24) is 24.8 Å². The van der Waals surface area contributed by atoms with Gasteiger partial charge >= 0.3 is 0 Å². The van der Waals surface area contributed by atoms with Crippen LogP contribution in [0.5, 0.6) is 0 Å². The van der Waals surface area contributed by atoms with Crippen LogP contribution in [0.3, 0.4) is 0 Å². The van der Waals surface area contributed by atoms with Crippen LogP contribution in [-0.2, 0) is 6.54 Å². The molecule has 27 heavy (non-hydrogen) atoms. The lowest BCUT2D eigenvalue weighted by Crippen LogP contribution is -2.36. The quantitative estimate of drug-likeness (QED) is 0.642. The minimum atomic E-state index is -0.256. The second kappa shape index (κ2) is 6.88. The van der Waals surface area contributed by atoms with Gasteiger partial charge in [-0.3, -0.25) is 19.5 Å².